The molecule has 1 heterocycles. The van der Waals surface area contributed by atoms with E-state index in [1.807, 2.05) is 29.8 Å². The van der Waals surface area contributed by atoms with Crippen LogP contribution in [-0.2, 0) is 13.5 Å². The van der Waals surface area contributed by atoms with Gasteiger partial charge in [-0.05, 0) is 17.7 Å². The molecule has 78 valence electrons. The fourth-order valence-electron chi connectivity index (χ4n) is 1.43. The summed E-state index contributed by atoms with van der Waals surface area (Å²) >= 11 is 0. The first kappa shape index (κ1) is 9.71. The second-order valence-electron chi connectivity index (χ2n) is 3.39. The van der Waals surface area contributed by atoms with Crippen molar-refractivity contribution in [1.82, 2.24) is 14.8 Å². The van der Waals surface area contributed by atoms with Gasteiger partial charge in [-0.25, -0.2) is 0 Å². The molecule has 0 atom stereocenters. The van der Waals surface area contributed by atoms with Crippen LogP contribution in [-0.4, -0.2) is 21.9 Å². The zero-order valence-electron chi connectivity index (χ0n) is 8.84. The van der Waals surface area contributed by atoms with Gasteiger partial charge in [-0.1, -0.05) is 12.1 Å². The van der Waals surface area contributed by atoms with Crippen molar-refractivity contribution < 1.29 is 4.74 Å². The lowest BCUT2D eigenvalue weighted by molar-refractivity contribution is 0.414. The minimum Gasteiger partial charge on any atom is -0.497 e. The first-order valence-electron chi connectivity index (χ1n) is 4.75. The van der Waals surface area contributed by atoms with Gasteiger partial charge in [-0.2, -0.15) is 0 Å². The molecule has 15 heavy (non-hydrogen) atoms. The molecule has 0 amide bonds. The predicted octanol–water partition coefficient (Wildman–Crippen LogP) is 1.41. The maximum Gasteiger partial charge on any atom is 0.136 e. The van der Waals surface area contributed by atoms with Crippen LogP contribution in [0.2, 0.25) is 0 Å². The zero-order chi connectivity index (χ0) is 10.7. The number of aromatic nitrogens is 3. The van der Waals surface area contributed by atoms with Crippen molar-refractivity contribution in [2.45, 2.75) is 6.42 Å². The van der Waals surface area contributed by atoms with E-state index in [1.165, 1.54) is 5.56 Å². The van der Waals surface area contributed by atoms with E-state index in [0.717, 1.165) is 18.0 Å². The van der Waals surface area contributed by atoms with Crippen LogP contribution in [0.4, 0.5) is 0 Å². The Hall–Kier alpha value is -1.84. The van der Waals surface area contributed by atoms with E-state index in [1.54, 1.807) is 13.4 Å². The van der Waals surface area contributed by atoms with Crippen molar-refractivity contribution >= 4 is 0 Å². The SMILES string of the molecule is COc1cccc(Cc2nncn2C)c1. The molecular formula is C11H13N3O. The summed E-state index contributed by atoms with van der Waals surface area (Å²) in [6.45, 7) is 0. The van der Waals surface area contributed by atoms with Crippen molar-refractivity contribution in [3.05, 3.63) is 42.0 Å². The Balaban J connectivity index is 2.21. The van der Waals surface area contributed by atoms with Crippen LogP contribution < -0.4 is 4.74 Å². The molecule has 0 radical (unpaired) electrons. The molecule has 4 heteroatoms. The van der Waals surface area contributed by atoms with E-state index in [2.05, 4.69) is 16.3 Å². The fraction of sp³-hybridized carbons (Fsp3) is 0.273. The average Bonchev–Trinajstić information content (AvgIpc) is 2.65. The standard InChI is InChI=1S/C11H13N3O/c1-14-8-12-13-11(14)7-9-4-3-5-10(6-9)15-2/h3-6,8H,7H2,1-2H3. The van der Waals surface area contributed by atoms with Crippen LogP contribution >= 0.6 is 0 Å². The largest absolute Gasteiger partial charge is 0.497 e. The molecule has 0 aliphatic rings. The average molecular weight is 203 g/mol. The summed E-state index contributed by atoms with van der Waals surface area (Å²) in [5.41, 5.74) is 1.17. The number of nitrogens with zero attached hydrogens (tertiary/aromatic N) is 3. The van der Waals surface area contributed by atoms with Crippen molar-refractivity contribution in [3.63, 3.8) is 0 Å². The summed E-state index contributed by atoms with van der Waals surface area (Å²) < 4.78 is 7.08. The lowest BCUT2D eigenvalue weighted by atomic mass is 10.1. The van der Waals surface area contributed by atoms with E-state index in [0.29, 0.717) is 0 Å². The molecular weight excluding hydrogens is 190 g/mol. The third kappa shape index (κ3) is 2.15. The van der Waals surface area contributed by atoms with E-state index in [4.69, 9.17) is 4.74 Å². The van der Waals surface area contributed by atoms with Crippen molar-refractivity contribution in [2.24, 2.45) is 7.05 Å². The highest BCUT2D eigenvalue weighted by Crippen LogP contribution is 2.14. The van der Waals surface area contributed by atoms with Crippen LogP contribution in [0.25, 0.3) is 0 Å². The Kier molecular flexibility index (Phi) is 2.67. The van der Waals surface area contributed by atoms with Gasteiger partial charge in [0.05, 0.1) is 7.11 Å². The van der Waals surface area contributed by atoms with E-state index in [-0.39, 0.29) is 0 Å². The Bertz CT molecular complexity index is 451. The summed E-state index contributed by atoms with van der Waals surface area (Å²) in [4.78, 5) is 0. The Morgan fingerprint density at radius 1 is 1.40 bits per heavy atom. The second kappa shape index (κ2) is 4.13. The van der Waals surface area contributed by atoms with Gasteiger partial charge in [0, 0.05) is 13.5 Å². The van der Waals surface area contributed by atoms with Crippen molar-refractivity contribution in [3.8, 4) is 5.75 Å². The lowest BCUT2D eigenvalue weighted by Crippen LogP contribution is -1.98. The van der Waals surface area contributed by atoms with Crippen molar-refractivity contribution in [2.75, 3.05) is 7.11 Å². The molecule has 0 spiro atoms. The number of methoxy groups -OCH3 is 1. The summed E-state index contributed by atoms with van der Waals surface area (Å²) in [5.74, 6) is 1.82. The monoisotopic (exact) mass is 203 g/mol. The number of benzene rings is 1. The first-order valence-corrected chi connectivity index (χ1v) is 4.75. The molecule has 2 rings (SSSR count). The maximum absolute atomic E-state index is 5.16. The normalized spacial score (nSPS) is 10.3. The van der Waals surface area contributed by atoms with Gasteiger partial charge < -0.3 is 9.30 Å². The molecule has 1 aromatic carbocycles. The van der Waals surface area contributed by atoms with Gasteiger partial charge in [-0.3, -0.25) is 0 Å². The highest BCUT2D eigenvalue weighted by Gasteiger charge is 2.02. The van der Waals surface area contributed by atoms with Gasteiger partial charge >= 0.3 is 0 Å². The quantitative estimate of drug-likeness (QED) is 0.757. The van der Waals surface area contributed by atoms with Crippen LogP contribution in [0.5, 0.6) is 5.75 Å². The van der Waals surface area contributed by atoms with E-state index in [9.17, 15) is 0 Å². The zero-order valence-corrected chi connectivity index (χ0v) is 8.84. The van der Waals surface area contributed by atoms with Gasteiger partial charge in [0.1, 0.15) is 17.9 Å². The molecule has 0 saturated carbocycles. The minimum absolute atomic E-state index is 0.772. The molecule has 0 bridgehead atoms. The van der Waals surface area contributed by atoms with Crippen LogP contribution in [0.1, 0.15) is 11.4 Å². The predicted molar refractivity (Wildman–Crippen MR) is 56.8 cm³/mol. The number of rotatable bonds is 3. The number of aryl methyl sites for hydroxylation is 1. The molecule has 4 nitrogen and oxygen atoms in total. The Morgan fingerprint density at radius 3 is 2.93 bits per heavy atom. The number of hydrogen-bond donors (Lipinski definition) is 0. The fourth-order valence-corrected chi connectivity index (χ4v) is 1.43. The van der Waals surface area contributed by atoms with Gasteiger partial charge in [0.2, 0.25) is 0 Å². The van der Waals surface area contributed by atoms with Crippen LogP contribution in [0.3, 0.4) is 0 Å². The molecule has 0 aliphatic carbocycles. The molecule has 2 aromatic rings. The summed E-state index contributed by atoms with van der Waals surface area (Å²) in [6.07, 6.45) is 2.48. The smallest absolute Gasteiger partial charge is 0.136 e. The molecule has 0 saturated heterocycles. The third-order valence-electron chi connectivity index (χ3n) is 2.30. The Morgan fingerprint density at radius 2 is 2.27 bits per heavy atom. The molecule has 0 unspecified atom stereocenters. The first-order chi connectivity index (χ1) is 7.29. The highest BCUT2D eigenvalue weighted by atomic mass is 16.5. The molecule has 0 N–H and O–H groups in total. The van der Waals surface area contributed by atoms with Gasteiger partial charge in [-0.15, -0.1) is 10.2 Å². The van der Waals surface area contributed by atoms with Gasteiger partial charge in [0.15, 0.2) is 0 Å². The molecule has 0 aliphatic heterocycles. The minimum atomic E-state index is 0.772. The van der Waals surface area contributed by atoms with Gasteiger partial charge in [0.25, 0.3) is 0 Å². The lowest BCUT2D eigenvalue weighted by Gasteiger charge is -2.03. The highest BCUT2D eigenvalue weighted by molar-refractivity contribution is 5.30. The summed E-state index contributed by atoms with van der Waals surface area (Å²) in [5, 5.41) is 7.88. The Labute approximate surface area is 88.5 Å². The number of hydrogen-bond acceptors (Lipinski definition) is 3. The van der Waals surface area contributed by atoms with Crippen LogP contribution in [0, 0.1) is 0 Å². The number of ether oxygens (including phenoxy) is 1. The van der Waals surface area contributed by atoms with Crippen molar-refractivity contribution in [1.29, 1.82) is 0 Å². The molecule has 0 fully saturated rings. The summed E-state index contributed by atoms with van der Waals surface area (Å²) in [6, 6.07) is 7.97. The summed E-state index contributed by atoms with van der Waals surface area (Å²) in [7, 11) is 3.61. The third-order valence-corrected chi connectivity index (χ3v) is 2.30. The molecule has 1 aromatic heterocycles. The second-order valence-corrected chi connectivity index (χ2v) is 3.39. The maximum atomic E-state index is 5.16. The van der Waals surface area contributed by atoms with E-state index < -0.39 is 0 Å². The van der Waals surface area contributed by atoms with Crippen LogP contribution in [0.15, 0.2) is 30.6 Å². The van der Waals surface area contributed by atoms with E-state index >= 15 is 0 Å². The topological polar surface area (TPSA) is 39.9 Å².